The van der Waals surface area contributed by atoms with Gasteiger partial charge in [-0.2, -0.15) is 0 Å². The normalized spacial score (nSPS) is 11.6. The third-order valence-electron chi connectivity index (χ3n) is 7.55. The molecule has 0 aliphatic heterocycles. The molecule has 3 aromatic heterocycles. The van der Waals surface area contributed by atoms with Crippen molar-refractivity contribution in [3.05, 3.63) is 68.7 Å². The van der Waals surface area contributed by atoms with Gasteiger partial charge in [0.2, 0.25) is 0 Å². The standard InChI is InChI=1S/C31H33N3O5/c1-8-38-30(36)27-17(6)24(18(7)35)22(33-27)13-20-25-19-12-14(3)10-11-21(19)32-26(25)15(4)23-16(5)28(34-29(20)23)31(37)39-9-2/h10-12,32-34H,8-9,13H2,1-7H3. The maximum atomic E-state index is 12.9. The number of hydrogen-bond acceptors (Lipinski definition) is 5. The monoisotopic (exact) mass is 527 g/mol. The summed E-state index contributed by atoms with van der Waals surface area (Å²) in [4.78, 5) is 48.6. The molecular weight excluding hydrogens is 494 g/mol. The summed E-state index contributed by atoms with van der Waals surface area (Å²) in [5.41, 5.74) is 8.99. The van der Waals surface area contributed by atoms with Crippen molar-refractivity contribution in [2.24, 2.45) is 0 Å². The Labute approximate surface area is 226 Å². The van der Waals surface area contributed by atoms with Crippen LogP contribution in [0.3, 0.4) is 0 Å². The first-order valence-electron chi connectivity index (χ1n) is 13.2. The van der Waals surface area contributed by atoms with Crippen molar-refractivity contribution in [2.75, 3.05) is 13.2 Å². The van der Waals surface area contributed by atoms with E-state index in [1.54, 1.807) is 20.8 Å². The average molecular weight is 528 g/mol. The Kier molecular flexibility index (Phi) is 6.58. The summed E-state index contributed by atoms with van der Waals surface area (Å²) in [5, 5.41) is 2.99. The number of fused-ring (bicyclic) bond motifs is 4. The zero-order valence-electron chi connectivity index (χ0n) is 23.4. The van der Waals surface area contributed by atoms with E-state index in [0.29, 0.717) is 28.9 Å². The molecule has 3 heterocycles. The van der Waals surface area contributed by atoms with Crippen LogP contribution in [-0.2, 0) is 15.9 Å². The molecule has 0 unspecified atom stereocenters. The van der Waals surface area contributed by atoms with Crippen molar-refractivity contribution < 1.29 is 23.9 Å². The van der Waals surface area contributed by atoms with Gasteiger partial charge in [-0.05, 0) is 82.9 Å². The van der Waals surface area contributed by atoms with E-state index in [1.807, 2.05) is 13.8 Å². The summed E-state index contributed by atoms with van der Waals surface area (Å²) in [7, 11) is 0. The van der Waals surface area contributed by atoms with Crippen molar-refractivity contribution in [3.63, 3.8) is 0 Å². The minimum Gasteiger partial charge on any atom is -0.461 e. The minimum atomic E-state index is -0.494. The van der Waals surface area contributed by atoms with E-state index in [2.05, 4.69) is 40.1 Å². The third-order valence-corrected chi connectivity index (χ3v) is 7.55. The van der Waals surface area contributed by atoms with Gasteiger partial charge in [0.15, 0.2) is 5.78 Å². The van der Waals surface area contributed by atoms with E-state index in [1.165, 1.54) is 6.92 Å². The fourth-order valence-corrected chi connectivity index (χ4v) is 5.88. The van der Waals surface area contributed by atoms with E-state index in [4.69, 9.17) is 9.47 Å². The fourth-order valence-electron chi connectivity index (χ4n) is 5.88. The van der Waals surface area contributed by atoms with Crippen LogP contribution in [0.2, 0.25) is 0 Å². The molecule has 5 aromatic rings. The predicted molar refractivity (Wildman–Crippen MR) is 152 cm³/mol. The molecule has 8 heteroatoms. The number of aromatic nitrogens is 3. The van der Waals surface area contributed by atoms with E-state index < -0.39 is 11.9 Å². The number of hydrogen-bond donors (Lipinski definition) is 3. The van der Waals surface area contributed by atoms with Crippen molar-refractivity contribution in [2.45, 2.75) is 54.9 Å². The number of ketones is 1. The molecule has 0 aliphatic rings. The van der Waals surface area contributed by atoms with Gasteiger partial charge in [-0.3, -0.25) is 4.79 Å². The second kappa shape index (κ2) is 9.76. The summed E-state index contributed by atoms with van der Waals surface area (Å²) in [6, 6.07) is 6.27. The second-order valence-corrected chi connectivity index (χ2v) is 10.1. The maximum Gasteiger partial charge on any atom is 0.355 e. The molecule has 0 amide bonds. The molecule has 0 saturated carbocycles. The molecule has 0 fully saturated rings. The van der Waals surface area contributed by atoms with Crippen LogP contribution in [0.5, 0.6) is 0 Å². The first-order valence-corrected chi connectivity index (χ1v) is 13.2. The Hall–Kier alpha value is -4.33. The molecule has 5 rings (SSSR count). The highest BCUT2D eigenvalue weighted by molar-refractivity contribution is 6.18. The second-order valence-electron chi connectivity index (χ2n) is 10.1. The molecule has 0 spiro atoms. The SMILES string of the molecule is CCOC(=O)c1[nH]c(Cc2c3[nH]c(C(=O)OCC)c(C)c3c(C)c3[nH]c4ccc(C)cc4c23)c(C(C)=O)c1C. The first-order chi connectivity index (χ1) is 18.6. The summed E-state index contributed by atoms with van der Waals surface area (Å²) < 4.78 is 10.6. The number of rotatable bonds is 7. The van der Waals surface area contributed by atoms with Crippen molar-refractivity contribution in [1.29, 1.82) is 0 Å². The minimum absolute atomic E-state index is 0.140. The van der Waals surface area contributed by atoms with Gasteiger partial charge < -0.3 is 24.4 Å². The molecular formula is C31H33N3O5. The van der Waals surface area contributed by atoms with Gasteiger partial charge in [0.1, 0.15) is 11.4 Å². The predicted octanol–water partition coefficient (Wildman–Crippen LogP) is 6.51. The highest BCUT2D eigenvalue weighted by Crippen LogP contribution is 2.40. The molecule has 2 aromatic carbocycles. The van der Waals surface area contributed by atoms with Crippen molar-refractivity contribution in [3.8, 4) is 0 Å². The van der Waals surface area contributed by atoms with E-state index in [-0.39, 0.29) is 24.7 Å². The Bertz CT molecular complexity index is 1820. The molecule has 0 radical (unpaired) electrons. The Balaban J connectivity index is 1.87. The summed E-state index contributed by atoms with van der Waals surface area (Å²) in [6.45, 7) is 13.3. The number of H-pyrrole nitrogens is 3. The van der Waals surface area contributed by atoms with Gasteiger partial charge in [0.25, 0.3) is 0 Å². The molecule has 0 bridgehead atoms. The van der Waals surface area contributed by atoms with Crippen LogP contribution in [0.15, 0.2) is 18.2 Å². The molecule has 202 valence electrons. The number of nitrogens with one attached hydrogen (secondary N) is 3. The van der Waals surface area contributed by atoms with Gasteiger partial charge in [-0.1, -0.05) is 11.6 Å². The number of Topliss-reactive ketones (excluding diaryl/α,β-unsaturated/α-hetero) is 1. The largest absolute Gasteiger partial charge is 0.461 e. The lowest BCUT2D eigenvalue weighted by Gasteiger charge is -2.11. The lowest BCUT2D eigenvalue weighted by molar-refractivity contribution is 0.0510. The lowest BCUT2D eigenvalue weighted by Crippen LogP contribution is -2.07. The maximum absolute atomic E-state index is 12.9. The van der Waals surface area contributed by atoms with Gasteiger partial charge in [-0.25, -0.2) is 9.59 Å². The molecule has 0 saturated heterocycles. The number of esters is 2. The molecule has 0 aliphatic carbocycles. The number of aryl methyl sites for hydroxylation is 3. The lowest BCUT2D eigenvalue weighted by atomic mass is 9.93. The summed E-state index contributed by atoms with van der Waals surface area (Å²) in [6.07, 6.45) is 0.325. The van der Waals surface area contributed by atoms with Gasteiger partial charge >= 0.3 is 11.9 Å². The Morgan fingerprint density at radius 1 is 0.769 bits per heavy atom. The number of aromatic amines is 3. The Morgan fingerprint density at radius 2 is 1.41 bits per heavy atom. The first kappa shape index (κ1) is 26.3. The smallest absolute Gasteiger partial charge is 0.355 e. The van der Waals surface area contributed by atoms with Crippen LogP contribution in [0.1, 0.15) is 85.6 Å². The third kappa shape index (κ3) is 4.11. The average Bonchev–Trinajstić information content (AvgIpc) is 3.53. The molecule has 39 heavy (non-hydrogen) atoms. The van der Waals surface area contributed by atoms with Crippen LogP contribution < -0.4 is 0 Å². The van der Waals surface area contributed by atoms with E-state index >= 15 is 0 Å². The number of ether oxygens (including phenoxy) is 2. The zero-order valence-corrected chi connectivity index (χ0v) is 23.4. The number of carbonyl (C=O) groups excluding carboxylic acids is 3. The van der Waals surface area contributed by atoms with Crippen molar-refractivity contribution >= 4 is 50.4 Å². The van der Waals surface area contributed by atoms with Gasteiger partial charge in [0, 0.05) is 39.4 Å². The van der Waals surface area contributed by atoms with Crippen LogP contribution >= 0.6 is 0 Å². The van der Waals surface area contributed by atoms with Crippen LogP contribution in [0.4, 0.5) is 0 Å². The topological polar surface area (TPSA) is 117 Å². The fraction of sp³-hybridized carbons (Fsp3) is 0.323. The van der Waals surface area contributed by atoms with Crippen LogP contribution in [-0.4, -0.2) is 45.9 Å². The quantitative estimate of drug-likeness (QED) is 0.165. The molecule has 3 N–H and O–H groups in total. The summed E-state index contributed by atoms with van der Waals surface area (Å²) in [5.74, 6) is -1.05. The van der Waals surface area contributed by atoms with Gasteiger partial charge in [-0.15, -0.1) is 0 Å². The van der Waals surface area contributed by atoms with E-state index in [9.17, 15) is 14.4 Å². The molecule has 0 atom stereocenters. The summed E-state index contributed by atoms with van der Waals surface area (Å²) >= 11 is 0. The highest BCUT2D eigenvalue weighted by Gasteiger charge is 2.27. The van der Waals surface area contributed by atoms with Gasteiger partial charge in [0.05, 0.1) is 24.2 Å². The van der Waals surface area contributed by atoms with Crippen molar-refractivity contribution in [1.82, 2.24) is 15.0 Å². The number of benzene rings is 2. The number of carbonyl (C=O) groups is 3. The van der Waals surface area contributed by atoms with Crippen LogP contribution in [0.25, 0.3) is 32.7 Å². The zero-order chi connectivity index (χ0) is 28.2. The molecule has 8 nitrogen and oxygen atoms in total. The van der Waals surface area contributed by atoms with E-state index in [0.717, 1.165) is 55.0 Å². The van der Waals surface area contributed by atoms with Crippen LogP contribution in [0, 0.1) is 27.7 Å². The Morgan fingerprint density at radius 3 is 2.03 bits per heavy atom. The highest BCUT2D eigenvalue weighted by atomic mass is 16.5.